The summed E-state index contributed by atoms with van der Waals surface area (Å²) >= 11 is 0. The summed E-state index contributed by atoms with van der Waals surface area (Å²) in [5.41, 5.74) is 0. The SMILES string of the molecule is CCCCCCCCCCCC/C=C/C(O)C(CO)NC(=O)CCCCCCCCCCCCC/C=C\CCCCCCCCCCCCCCOC(=O)CCCCCCCCCCCCCCCCC. The van der Waals surface area contributed by atoms with E-state index in [0.29, 0.717) is 19.4 Å². The van der Waals surface area contributed by atoms with E-state index >= 15 is 0 Å². The van der Waals surface area contributed by atoms with E-state index in [1.807, 2.05) is 6.08 Å². The van der Waals surface area contributed by atoms with Crippen LogP contribution in [0.5, 0.6) is 0 Å². The smallest absolute Gasteiger partial charge is 0.305 e. The van der Waals surface area contributed by atoms with E-state index in [2.05, 4.69) is 31.3 Å². The third kappa shape index (κ3) is 57.5. The van der Waals surface area contributed by atoms with Gasteiger partial charge in [0.05, 0.1) is 25.4 Å². The van der Waals surface area contributed by atoms with Gasteiger partial charge in [-0.05, 0) is 57.8 Å². The largest absolute Gasteiger partial charge is 0.466 e. The molecule has 420 valence electrons. The number of aliphatic hydroxyl groups excluding tert-OH is 2. The van der Waals surface area contributed by atoms with E-state index in [1.54, 1.807) is 6.08 Å². The molecule has 0 aromatic heterocycles. The van der Waals surface area contributed by atoms with Crippen molar-refractivity contribution < 1.29 is 24.5 Å². The van der Waals surface area contributed by atoms with Crippen LogP contribution in [0.25, 0.3) is 0 Å². The quantitative estimate of drug-likeness (QED) is 0.0320. The Morgan fingerprint density at radius 1 is 0.380 bits per heavy atom. The molecule has 0 bridgehead atoms. The van der Waals surface area contributed by atoms with Crippen LogP contribution in [-0.2, 0) is 14.3 Å². The molecule has 6 nitrogen and oxygen atoms in total. The van der Waals surface area contributed by atoms with Crippen molar-refractivity contribution in [1.29, 1.82) is 0 Å². The first kappa shape index (κ1) is 69.3. The summed E-state index contributed by atoms with van der Waals surface area (Å²) < 4.78 is 5.49. The second-order valence-electron chi connectivity index (χ2n) is 22.1. The lowest BCUT2D eigenvalue weighted by Crippen LogP contribution is -2.45. The zero-order chi connectivity index (χ0) is 51.4. The highest BCUT2D eigenvalue weighted by atomic mass is 16.5. The number of hydrogen-bond acceptors (Lipinski definition) is 5. The summed E-state index contributed by atoms with van der Waals surface area (Å²) in [7, 11) is 0. The summed E-state index contributed by atoms with van der Waals surface area (Å²) in [6, 6.07) is -0.627. The Bertz CT molecular complexity index is 1110. The lowest BCUT2D eigenvalue weighted by atomic mass is 10.0. The Labute approximate surface area is 443 Å². The van der Waals surface area contributed by atoms with Crippen molar-refractivity contribution in [2.24, 2.45) is 0 Å². The van der Waals surface area contributed by atoms with E-state index in [-0.39, 0.29) is 18.5 Å². The molecule has 0 aromatic rings. The van der Waals surface area contributed by atoms with Crippen LogP contribution in [-0.4, -0.2) is 47.4 Å². The third-order valence-electron chi connectivity index (χ3n) is 15.0. The van der Waals surface area contributed by atoms with Gasteiger partial charge in [-0.15, -0.1) is 0 Å². The molecule has 0 radical (unpaired) electrons. The molecule has 0 heterocycles. The zero-order valence-corrected chi connectivity index (χ0v) is 48.0. The van der Waals surface area contributed by atoms with Crippen molar-refractivity contribution in [2.75, 3.05) is 13.2 Å². The van der Waals surface area contributed by atoms with Gasteiger partial charge in [-0.2, -0.15) is 0 Å². The van der Waals surface area contributed by atoms with Crippen LogP contribution in [0.4, 0.5) is 0 Å². The minimum Gasteiger partial charge on any atom is -0.466 e. The highest BCUT2D eigenvalue weighted by Gasteiger charge is 2.18. The number of ether oxygens (including phenoxy) is 1. The predicted molar refractivity (Wildman–Crippen MR) is 310 cm³/mol. The third-order valence-corrected chi connectivity index (χ3v) is 15.0. The van der Waals surface area contributed by atoms with Gasteiger partial charge in [-0.3, -0.25) is 9.59 Å². The summed E-state index contributed by atoms with van der Waals surface area (Å²) in [6.45, 7) is 4.92. The van der Waals surface area contributed by atoms with Gasteiger partial charge in [-0.1, -0.05) is 308 Å². The average molecular weight is 1000 g/mol. The van der Waals surface area contributed by atoms with Gasteiger partial charge in [0, 0.05) is 12.8 Å². The number of amides is 1. The van der Waals surface area contributed by atoms with Crippen molar-refractivity contribution in [2.45, 2.75) is 366 Å². The number of rotatable bonds is 60. The molecule has 2 unspecified atom stereocenters. The normalized spacial score (nSPS) is 12.7. The predicted octanol–water partition coefficient (Wildman–Crippen LogP) is 20.2. The first-order chi connectivity index (χ1) is 35.0. The van der Waals surface area contributed by atoms with Crippen LogP contribution < -0.4 is 5.32 Å². The van der Waals surface area contributed by atoms with Crippen LogP contribution in [0.1, 0.15) is 354 Å². The zero-order valence-electron chi connectivity index (χ0n) is 48.0. The minimum atomic E-state index is -0.843. The lowest BCUT2D eigenvalue weighted by molar-refractivity contribution is -0.143. The monoisotopic (exact) mass is 1000 g/mol. The number of nitrogens with one attached hydrogen (secondary N) is 1. The number of aliphatic hydroxyl groups is 2. The second kappa shape index (κ2) is 60.9. The molecule has 0 aliphatic heterocycles. The fourth-order valence-electron chi connectivity index (χ4n) is 10.0. The topological polar surface area (TPSA) is 95.9 Å². The number of hydrogen-bond donors (Lipinski definition) is 3. The molecular weight excluding hydrogens is 875 g/mol. The first-order valence-electron chi connectivity index (χ1n) is 32.1. The molecule has 2 atom stereocenters. The molecule has 0 fully saturated rings. The van der Waals surface area contributed by atoms with Gasteiger partial charge < -0.3 is 20.3 Å². The summed E-state index contributed by atoms with van der Waals surface area (Å²) in [6.07, 6.45) is 75.2. The summed E-state index contributed by atoms with van der Waals surface area (Å²) in [4.78, 5) is 24.5. The Morgan fingerprint density at radius 2 is 0.662 bits per heavy atom. The van der Waals surface area contributed by atoms with E-state index in [9.17, 15) is 19.8 Å². The number of carbonyl (C=O) groups is 2. The number of esters is 1. The summed E-state index contributed by atoms with van der Waals surface area (Å²) in [5, 5.41) is 23.1. The van der Waals surface area contributed by atoms with Crippen molar-refractivity contribution in [3.63, 3.8) is 0 Å². The van der Waals surface area contributed by atoms with Crippen molar-refractivity contribution in [3.05, 3.63) is 24.3 Å². The maximum atomic E-state index is 12.4. The van der Waals surface area contributed by atoms with Gasteiger partial charge in [0.15, 0.2) is 0 Å². The molecule has 0 aliphatic rings. The lowest BCUT2D eigenvalue weighted by Gasteiger charge is -2.20. The molecular formula is C65H125NO5. The van der Waals surface area contributed by atoms with Gasteiger partial charge in [0.2, 0.25) is 5.91 Å². The molecule has 3 N–H and O–H groups in total. The van der Waals surface area contributed by atoms with Crippen LogP contribution in [0.15, 0.2) is 24.3 Å². The maximum Gasteiger partial charge on any atom is 0.305 e. The highest BCUT2D eigenvalue weighted by molar-refractivity contribution is 5.76. The number of unbranched alkanes of at least 4 members (excludes halogenated alkanes) is 47. The Hall–Kier alpha value is -1.66. The fourth-order valence-corrected chi connectivity index (χ4v) is 10.0. The van der Waals surface area contributed by atoms with Crippen molar-refractivity contribution >= 4 is 11.9 Å². The van der Waals surface area contributed by atoms with E-state index < -0.39 is 12.1 Å². The second-order valence-corrected chi connectivity index (χ2v) is 22.1. The molecule has 1 amide bonds. The van der Waals surface area contributed by atoms with Crippen molar-refractivity contribution in [3.8, 4) is 0 Å². The maximum absolute atomic E-state index is 12.4. The van der Waals surface area contributed by atoms with Crippen LogP contribution >= 0.6 is 0 Å². The first-order valence-corrected chi connectivity index (χ1v) is 32.1. The molecule has 0 aromatic carbocycles. The highest BCUT2D eigenvalue weighted by Crippen LogP contribution is 2.18. The average Bonchev–Trinajstić information content (AvgIpc) is 3.37. The summed E-state index contributed by atoms with van der Waals surface area (Å²) in [5.74, 6) is -0.0504. The van der Waals surface area contributed by atoms with E-state index in [4.69, 9.17) is 4.74 Å². The molecule has 0 saturated heterocycles. The van der Waals surface area contributed by atoms with Crippen molar-refractivity contribution in [1.82, 2.24) is 5.32 Å². The van der Waals surface area contributed by atoms with Gasteiger partial charge in [0.25, 0.3) is 0 Å². The molecule has 0 saturated carbocycles. The van der Waals surface area contributed by atoms with Crippen LogP contribution in [0, 0.1) is 0 Å². The van der Waals surface area contributed by atoms with Gasteiger partial charge in [0.1, 0.15) is 0 Å². The number of carbonyl (C=O) groups excluding carboxylic acids is 2. The fraction of sp³-hybridized carbons (Fsp3) is 0.908. The van der Waals surface area contributed by atoms with Gasteiger partial charge >= 0.3 is 5.97 Å². The number of allylic oxidation sites excluding steroid dienone is 3. The van der Waals surface area contributed by atoms with E-state index in [0.717, 1.165) is 38.5 Å². The van der Waals surface area contributed by atoms with E-state index in [1.165, 1.54) is 289 Å². The molecule has 71 heavy (non-hydrogen) atoms. The Kier molecular flexibility index (Phi) is 59.5. The molecule has 0 aliphatic carbocycles. The van der Waals surface area contributed by atoms with Gasteiger partial charge in [-0.25, -0.2) is 0 Å². The molecule has 6 heteroatoms. The van der Waals surface area contributed by atoms with Crippen LogP contribution in [0.3, 0.4) is 0 Å². The minimum absolute atomic E-state index is 0.0179. The molecule has 0 rings (SSSR count). The molecule has 0 spiro atoms. The standard InChI is InChI=1S/C65H125NO5/c1-3-5-7-9-11-13-15-17-31-35-39-43-47-51-55-59-65(70)71-60-56-52-48-44-40-36-33-30-28-26-24-22-20-18-19-21-23-25-27-29-32-34-38-42-46-50-54-58-64(69)66-62(61-67)63(68)57-53-49-45-41-37-16-14-12-10-8-6-4-2/h18-19,53,57,62-63,67-68H,3-17,20-52,54-56,58-61H2,1-2H3,(H,66,69)/b19-18-,57-53+. The van der Waals surface area contributed by atoms with Crippen LogP contribution in [0.2, 0.25) is 0 Å². The Balaban J connectivity index is 3.37. The Morgan fingerprint density at radius 3 is 1.00 bits per heavy atom.